The van der Waals surface area contributed by atoms with Gasteiger partial charge in [-0.15, -0.1) is 0 Å². The molecule has 0 amide bonds. The minimum absolute atomic E-state index is 0.617. The lowest BCUT2D eigenvalue weighted by Crippen LogP contribution is -2.01. The molecule has 0 fully saturated rings. The number of benzene rings is 1. The van der Waals surface area contributed by atoms with Crippen molar-refractivity contribution in [2.24, 2.45) is 0 Å². The van der Waals surface area contributed by atoms with Gasteiger partial charge in [0.2, 0.25) is 0 Å². The van der Waals surface area contributed by atoms with Crippen molar-refractivity contribution in [3.8, 4) is 5.75 Å². The van der Waals surface area contributed by atoms with Gasteiger partial charge in [0.25, 0.3) is 0 Å². The van der Waals surface area contributed by atoms with Crippen molar-refractivity contribution in [2.75, 3.05) is 6.61 Å². The summed E-state index contributed by atoms with van der Waals surface area (Å²) in [6.07, 6.45) is 3.12. The fraction of sp³-hybridized carbons (Fsp3) is 0.231. The molecule has 1 aromatic carbocycles. The van der Waals surface area contributed by atoms with Gasteiger partial charge in [-0.3, -0.25) is 0 Å². The van der Waals surface area contributed by atoms with Gasteiger partial charge in [-0.2, -0.15) is 0 Å². The Balaban J connectivity index is 2.09. The molecular weight excluding hydrogens is 240 g/mol. The maximum absolute atomic E-state index is 10.3. The van der Waals surface area contributed by atoms with Crippen molar-refractivity contribution in [1.82, 2.24) is 0 Å². The van der Waals surface area contributed by atoms with Gasteiger partial charge < -0.3 is 14.3 Å². The van der Waals surface area contributed by atoms with Gasteiger partial charge in [0.15, 0.2) is 0 Å². The third-order valence-electron chi connectivity index (χ3n) is 2.93. The van der Waals surface area contributed by atoms with E-state index in [0.29, 0.717) is 22.8 Å². The minimum Gasteiger partial charge on any atom is -0.493 e. The van der Waals surface area contributed by atoms with Crippen molar-refractivity contribution in [3.05, 3.63) is 52.4 Å². The van der Waals surface area contributed by atoms with Crippen LogP contribution in [-0.2, 0) is 6.42 Å². The average Bonchev–Trinajstić information content (AvgIpc) is 2.97. The Morgan fingerprint density at radius 3 is 3.00 bits per heavy atom. The number of fused-ring (bicyclic) bond motifs is 1. The predicted molar refractivity (Wildman–Crippen MR) is 63.4 cm³/mol. The summed E-state index contributed by atoms with van der Waals surface area (Å²) in [6.45, 7) is 0.640. The van der Waals surface area contributed by atoms with Crippen molar-refractivity contribution >= 4 is 11.6 Å². The third kappa shape index (κ3) is 1.81. The van der Waals surface area contributed by atoms with E-state index in [0.717, 1.165) is 17.7 Å². The van der Waals surface area contributed by atoms with Crippen molar-refractivity contribution < 1.29 is 14.3 Å². The predicted octanol–water partition coefficient (Wildman–Crippen LogP) is 2.95. The van der Waals surface area contributed by atoms with Crippen LogP contribution >= 0.6 is 11.6 Å². The van der Waals surface area contributed by atoms with E-state index in [2.05, 4.69) is 0 Å². The van der Waals surface area contributed by atoms with Crippen LogP contribution < -0.4 is 4.74 Å². The summed E-state index contributed by atoms with van der Waals surface area (Å²) in [7, 11) is 0. The Bertz CT molecular complexity index is 534. The van der Waals surface area contributed by atoms with E-state index in [9.17, 15) is 5.11 Å². The first-order chi connectivity index (χ1) is 8.25. The fourth-order valence-electron chi connectivity index (χ4n) is 2.11. The van der Waals surface area contributed by atoms with Gasteiger partial charge in [-0.25, -0.2) is 0 Å². The molecule has 0 aliphatic carbocycles. The molecule has 1 aliphatic rings. The molecule has 4 heteroatoms. The summed E-state index contributed by atoms with van der Waals surface area (Å²) in [5.41, 5.74) is 2.45. The molecule has 0 saturated heterocycles. The van der Waals surface area contributed by atoms with Gasteiger partial charge in [-0.1, -0.05) is 11.6 Å². The Morgan fingerprint density at radius 1 is 1.35 bits per heavy atom. The van der Waals surface area contributed by atoms with Crippen LogP contribution in [0.4, 0.5) is 0 Å². The molecule has 0 saturated carbocycles. The summed E-state index contributed by atoms with van der Waals surface area (Å²) in [5.74, 6) is 0.753. The molecule has 17 heavy (non-hydrogen) atoms. The lowest BCUT2D eigenvalue weighted by atomic mass is 10.00. The minimum atomic E-state index is -0.765. The molecular formula is C13H11ClO3. The van der Waals surface area contributed by atoms with Gasteiger partial charge in [-0.05, 0) is 23.8 Å². The van der Waals surface area contributed by atoms with Crippen LogP contribution in [0.5, 0.6) is 5.75 Å². The second-order valence-electron chi connectivity index (χ2n) is 4.04. The van der Waals surface area contributed by atoms with Gasteiger partial charge in [0.05, 0.1) is 19.1 Å². The van der Waals surface area contributed by atoms with E-state index < -0.39 is 6.10 Å². The van der Waals surface area contributed by atoms with Crippen LogP contribution in [0.3, 0.4) is 0 Å². The highest BCUT2D eigenvalue weighted by atomic mass is 35.5. The molecule has 1 aromatic heterocycles. The SMILES string of the molecule is OC(c1ccoc1)c1cc(Cl)cc2c1OCC2. The quantitative estimate of drug-likeness (QED) is 0.891. The Morgan fingerprint density at radius 2 is 2.24 bits per heavy atom. The first-order valence-electron chi connectivity index (χ1n) is 5.41. The molecule has 1 aliphatic heterocycles. The molecule has 0 radical (unpaired) electrons. The number of aliphatic hydroxyl groups is 1. The molecule has 0 bridgehead atoms. The highest BCUT2D eigenvalue weighted by Crippen LogP contribution is 2.38. The summed E-state index contributed by atoms with van der Waals surface area (Å²) >= 11 is 6.04. The van der Waals surface area contributed by atoms with Crippen molar-refractivity contribution in [1.29, 1.82) is 0 Å². The zero-order valence-electron chi connectivity index (χ0n) is 9.02. The zero-order valence-corrected chi connectivity index (χ0v) is 9.78. The first-order valence-corrected chi connectivity index (χ1v) is 5.79. The molecule has 0 spiro atoms. The Labute approximate surface area is 104 Å². The summed E-state index contributed by atoms with van der Waals surface area (Å²) < 4.78 is 10.5. The normalized spacial score (nSPS) is 15.4. The average molecular weight is 251 g/mol. The zero-order chi connectivity index (χ0) is 11.8. The Hall–Kier alpha value is -1.45. The molecule has 2 aromatic rings. The number of furan rings is 1. The number of rotatable bonds is 2. The smallest absolute Gasteiger partial charge is 0.128 e. The van der Waals surface area contributed by atoms with E-state index in [1.54, 1.807) is 12.1 Å². The summed E-state index contributed by atoms with van der Waals surface area (Å²) in [6, 6.07) is 5.35. The number of aliphatic hydroxyl groups excluding tert-OH is 1. The summed E-state index contributed by atoms with van der Waals surface area (Å²) in [4.78, 5) is 0. The highest BCUT2D eigenvalue weighted by molar-refractivity contribution is 6.30. The fourth-order valence-corrected chi connectivity index (χ4v) is 2.36. The topological polar surface area (TPSA) is 42.6 Å². The van der Waals surface area contributed by atoms with Gasteiger partial charge in [0.1, 0.15) is 11.9 Å². The van der Waals surface area contributed by atoms with E-state index in [1.807, 2.05) is 6.07 Å². The van der Waals surface area contributed by atoms with Crippen LogP contribution in [0.15, 0.2) is 35.1 Å². The standard InChI is InChI=1S/C13H11ClO3/c14-10-5-8-2-4-17-13(8)11(6-10)12(15)9-1-3-16-7-9/h1,3,5-7,12,15H,2,4H2. The van der Waals surface area contributed by atoms with Crippen molar-refractivity contribution in [3.63, 3.8) is 0 Å². The van der Waals surface area contributed by atoms with Crippen LogP contribution in [0.25, 0.3) is 0 Å². The molecule has 3 nitrogen and oxygen atoms in total. The van der Waals surface area contributed by atoms with Crippen LogP contribution in [0.2, 0.25) is 5.02 Å². The van der Waals surface area contributed by atoms with Crippen LogP contribution in [0, 0.1) is 0 Å². The first kappa shape index (κ1) is 10.7. The third-order valence-corrected chi connectivity index (χ3v) is 3.15. The summed E-state index contributed by atoms with van der Waals surface area (Å²) in [5, 5.41) is 10.9. The number of ether oxygens (including phenoxy) is 1. The van der Waals surface area contributed by atoms with Crippen LogP contribution in [0.1, 0.15) is 22.8 Å². The maximum Gasteiger partial charge on any atom is 0.128 e. The van der Waals surface area contributed by atoms with Gasteiger partial charge in [0, 0.05) is 22.6 Å². The molecule has 2 heterocycles. The molecule has 1 atom stereocenters. The van der Waals surface area contributed by atoms with Gasteiger partial charge >= 0.3 is 0 Å². The second-order valence-corrected chi connectivity index (χ2v) is 4.48. The van der Waals surface area contributed by atoms with Crippen LogP contribution in [-0.4, -0.2) is 11.7 Å². The molecule has 88 valence electrons. The number of hydrogen-bond donors (Lipinski definition) is 1. The second kappa shape index (κ2) is 4.09. The molecule has 1 N–H and O–H groups in total. The van der Waals surface area contributed by atoms with E-state index in [4.69, 9.17) is 20.8 Å². The monoisotopic (exact) mass is 250 g/mol. The van der Waals surface area contributed by atoms with E-state index >= 15 is 0 Å². The molecule has 3 rings (SSSR count). The van der Waals surface area contributed by atoms with E-state index in [1.165, 1.54) is 12.5 Å². The number of hydrogen-bond acceptors (Lipinski definition) is 3. The highest BCUT2D eigenvalue weighted by Gasteiger charge is 2.23. The number of halogens is 1. The lowest BCUT2D eigenvalue weighted by molar-refractivity contribution is 0.213. The molecule has 1 unspecified atom stereocenters. The maximum atomic E-state index is 10.3. The van der Waals surface area contributed by atoms with Crippen molar-refractivity contribution in [2.45, 2.75) is 12.5 Å². The Kier molecular flexibility index (Phi) is 2.57. The largest absolute Gasteiger partial charge is 0.493 e. The lowest BCUT2D eigenvalue weighted by Gasteiger charge is -2.13. The van der Waals surface area contributed by atoms with E-state index in [-0.39, 0.29) is 0 Å².